The highest BCUT2D eigenvalue weighted by atomic mass is 28.3. The smallest absolute Gasteiger partial charge is 0.229 e. The van der Waals surface area contributed by atoms with Crippen LogP contribution in [-0.2, 0) is 10.2 Å². The van der Waals surface area contributed by atoms with E-state index in [-0.39, 0.29) is 0 Å². The zero-order valence-electron chi connectivity index (χ0n) is 5.50. The van der Waals surface area contributed by atoms with Crippen LogP contribution < -0.4 is 0 Å². The predicted octanol–water partition coefficient (Wildman–Crippen LogP) is 0.906. The van der Waals surface area contributed by atoms with Crippen molar-refractivity contribution in [2.24, 2.45) is 0 Å². The second-order valence-electron chi connectivity index (χ2n) is 1.91. The summed E-state index contributed by atoms with van der Waals surface area (Å²) in [4.78, 5) is 0. The second kappa shape index (κ2) is 4.43. The first-order valence-corrected chi connectivity index (χ1v) is 4.55. The van der Waals surface area contributed by atoms with Gasteiger partial charge in [-0.25, -0.2) is 0 Å². The van der Waals surface area contributed by atoms with Gasteiger partial charge in [0, 0.05) is 0 Å². The van der Waals surface area contributed by atoms with Crippen LogP contribution in [0.2, 0.25) is 0 Å². The minimum Gasteiger partial charge on any atom is -0.457 e. The minimum atomic E-state index is 0.506. The zero-order chi connectivity index (χ0) is 7.23. The van der Waals surface area contributed by atoms with E-state index in [1.165, 1.54) is 5.56 Å². The Balaban J connectivity index is 2.43. The number of benzene rings is 1. The third-order valence-electron chi connectivity index (χ3n) is 1.19. The Hall–Kier alpha value is -0.386. The molecule has 0 spiro atoms. The van der Waals surface area contributed by atoms with Crippen LogP contribution in [0.5, 0.6) is 0 Å². The van der Waals surface area contributed by atoms with Crippen LogP contribution in [0.3, 0.4) is 0 Å². The fourth-order valence-electron chi connectivity index (χ4n) is 0.715. The molecule has 1 aromatic carbocycles. The molecule has 0 saturated heterocycles. The Labute approximate surface area is 66.9 Å². The molecule has 10 heavy (non-hydrogen) atoms. The molecule has 49 valence electrons. The molecular weight excluding hydrogens is 156 g/mol. The average molecular weight is 163 g/mol. The van der Waals surface area contributed by atoms with E-state index in [0.717, 1.165) is 6.04 Å². The van der Waals surface area contributed by atoms with Gasteiger partial charge < -0.3 is 4.12 Å². The van der Waals surface area contributed by atoms with Gasteiger partial charge in [-0.3, -0.25) is 0 Å². The van der Waals surface area contributed by atoms with Crippen molar-refractivity contribution in [2.75, 3.05) is 0 Å². The van der Waals surface area contributed by atoms with Gasteiger partial charge in [-0.1, -0.05) is 30.3 Å². The Bertz CT molecular complexity index is 176. The molecule has 0 fully saturated rings. The maximum Gasteiger partial charge on any atom is 0.229 e. The molecule has 0 saturated carbocycles. The highest BCUT2D eigenvalue weighted by Crippen LogP contribution is 1.97. The van der Waals surface area contributed by atoms with E-state index < -0.39 is 0 Å². The van der Waals surface area contributed by atoms with E-state index >= 15 is 0 Å². The maximum atomic E-state index is 4.78. The summed E-state index contributed by atoms with van der Waals surface area (Å²) in [6.45, 7) is 0. The van der Waals surface area contributed by atoms with Gasteiger partial charge in [0.2, 0.25) is 20.2 Å². The molecule has 1 nitrogen and oxygen atoms in total. The number of hydrogen-bond donors (Lipinski definition) is 0. The third kappa shape index (κ3) is 2.47. The van der Waals surface area contributed by atoms with Gasteiger partial charge in [-0.15, -0.1) is 0 Å². The van der Waals surface area contributed by atoms with Crippen LogP contribution >= 0.6 is 0 Å². The van der Waals surface area contributed by atoms with Gasteiger partial charge in [-0.05, 0) is 11.6 Å². The van der Waals surface area contributed by atoms with Crippen molar-refractivity contribution in [2.45, 2.75) is 6.04 Å². The fraction of sp³-hybridized carbons (Fsp3) is 0.143. The molecule has 0 bridgehead atoms. The molecule has 1 rings (SSSR count). The van der Waals surface area contributed by atoms with Crippen LogP contribution in [0, 0.1) is 0 Å². The Morgan fingerprint density at radius 2 is 2.00 bits per heavy atom. The zero-order valence-corrected chi connectivity index (χ0v) is 7.50. The first kappa shape index (κ1) is 7.72. The average Bonchev–Trinajstić information content (AvgIpc) is 2.03. The molecule has 0 aromatic heterocycles. The Kier molecular flexibility index (Phi) is 3.42. The molecule has 3 heteroatoms. The van der Waals surface area contributed by atoms with Crippen LogP contribution in [-0.4, -0.2) is 20.2 Å². The van der Waals surface area contributed by atoms with E-state index in [4.69, 9.17) is 4.12 Å². The van der Waals surface area contributed by atoms with Crippen molar-refractivity contribution in [3.63, 3.8) is 0 Å². The highest BCUT2D eigenvalue weighted by molar-refractivity contribution is 6.33. The van der Waals surface area contributed by atoms with Gasteiger partial charge >= 0.3 is 0 Å². The molecule has 0 N–H and O–H groups in total. The van der Waals surface area contributed by atoms with Crippen molar-refractivity contribution >= 4 is 20.2 Å². The quantitative estimate of drug-likeness (QED) is 0.602. The van der Waals surface area contributed by atoms with E-state index in [1.54, 1.807) is 0 Å². The van der Waals surface area contributed by atoms with Gasteiger partial charge in [0.05, 0.1) is 0 Å². The summed E-state index contributed by atoms with van der Waals surface area (Å²) in [7, 11) is 3.47. The highest BCUT2D eigenvalue weighted by Gasteiger charge is 1.90. The van der Waals surface area contributed by atoms with E-state index in [0.29, 0.717) is 9.76 Å². The SMILES string of the molecule is [Si]O[Si]Cc1ccccc1. The molecule has 0 amide bonds. The maximum absolute atomic E-state index is 4.78. The number of rotatable bonds is 3. The van der Waals surface area contributed by atoms with Crippen molar-refractivity contribution in [1.29, 1.82) is 0 Å². The monoisotopic (exact) mass is 163 g/mol. The first-order chi connectivity index (χ1) is 4.93. The van der Waals surface area contributed by atoms with Gasteiger partial charge in [0.1, 0.15) is 0 Å². The molecular formula is C7H7OSi2. The summed E-state index contributed by atoms with van der Waals surface area (Å²) in [5, 5.41) is 0. The molecule has 0 aliphatic heterocycles. The van der Waals surface area contributed by atoms with Crippen LogP contribution in [0.4, 0.5) is 0 Å². The molecule has 1 aromatic rings. The third-order valence-corrected chi connectivity index (χ3v) is 2.32. The summed E-state index contributed by atoms with van der Waals surface area (Å²) in [5.74, 6) is 0. The van der Waals surface area contributed by atoms with Crippen LogP contribution in [0.1, 0.15) is 5.56 Å². The lowest BCUT2D eigenvalue weighted by Gasteiger charge is -1.95. The summed E-state index contributed by atoms with van der Waals surface area (Å²) < 4.78 is 4.78. The summed E-state index contributed by atoms with van der Waals surface area (Å²) in [6.07, 6.45) is 0. The van der Waals surface area contributed by atoms with E-state index in [2.05, 4.69) is 22.6 Å². The predicted molar refractivity (Wildman–Crippen MR) is 42.7 cm³/mol. The lowest BCUT2D eigenvalue weighted by molar-refractivity contribution is 0.660. The summed E-state index contributed by atoms with van der Waals surface area (Å²) in [6, 6.07) is 11.3. The first-order valence-electron chi connectivity index (χ1n) is 3.03. The van der Waals surface area contributed by atoms with Crippen molar-refractivity contribution < 1.29 is 4.12 Å². The largest absolute Gasteiger partial charge is 0.457 e. The lowest BCUT2D eigenvalue weighted by Crippen LogP contribution is -1.99. The molecule has 0 aliphatic rings. The van der Waals surface area contributed by atoms with Crippen LogP contribution in [0.25, 0.3) is 0 Å². The standard InChI is InChI=1S/C7H7OSi2/c9-8-10-6-7-4-2-1-3-5-7/h1-5H,6H2. The van der Waals surface area contributed by atoms with Gasteiger partial charge in [0.15, 0.2) is 0 Å². The molecule has 0 unspecified atom stereocenters. The minimum absolute atomic E-state index is 0.506. The normalized spacial score (nSPS) is 9.70. The summed E-state index contributed by atoms with van der Waals surface area (Å²) in [5.41, 5.74) is 1.32. The summed E-state index contributed by atoms with van der Waals surface area (Å²) >= 11 is 0. The molecule has 5 radical (unpaired) electrons. The Morgan fingerprint density at radius 1 is 1.30 bits per heavy atom. The van der Waals surface area contributed by atoms with Crippen molar-refractivity contribution in [1.82, 2.24) is 0 Å². The fourth-order valence-corrected chi connectivity index (χ4v) is 1.41. The van der Waals surface area contributed by atoms with Crippen molar-refractivity contribution in [3.8, 4) is 0 Å². The number of hydrogen-bond acceptors (Lipinski definition) is 1. The lowest BCUT2D eigenvalue weighted by atomic mass is 10.2. The van der Waals surface area contributed by atoms with Gasteiger partial charge in [0.25, 0.3) is 0 Å². The molecule has 0 aliphatic carbocycles. The van der Waals surface area contributed by atoms with Gasteiger partial charge in [-0.2, -0.15) is 0 Å². The Morgan fingerprint density at radius 3 is 2.60 bits per heavy atom. The van der Waals surface area contributed by atoms with Crippen LogP contribution in [0.15, 0.2) is 30.3 Å². The van der Waals surface area contributed by atoms with Crippen molar-refractivity contribution in [3.05, 3.63) is 35.9 Å². The molecule has 0 atom stereocenters. The molecule has 0 heterocycles. The van der Waals surface area contributed by atoms with E-state index in [9.17, 15) is 0 Å². The topological polar surface area (TPSA) is 9.23 Å². The second-order valence-corrected chi connectivity index (χ2v) is 3.37. The van der Waals surface area contributed by atoms with E-state index in [1.807, 2.05) is 18.2 Å².